The van der Waals surface area contributed by atoms with E-state index in [2.05, 4.69) is 0 Å². The summed E-state index contributed by atoms with van der Waals surface area (Å²) < 4.78 is 25.0. The number of β-amino-alcohol motifs (C(OH)–C–C–N with tert-alkyl or cyclic N) is 1. The van der Waals surface area contributed by atoms with Crippen LogP contribution in [0.15, 0.2) is 20.7 Å². The molecule has 2 heterocycles. The smallest absolute Gasteiger partial charge is 0.325 e. The molecular formula is C9H11N3O7S. The maximum absolute atomic E-state index is 12.2. The fourth-order valence-electron chi connectivity index (χ4n) is 1.99. The maximum atomic E-state index is 12.2. The van der Waals surface area contributed by atoms with E-state index >= 15 is 0 Å². The van der Waals surface area contributed by atoms with E-state index in [4.69, 9.17) is 5.11 Å². The first-order valence-electron chi connectivity index (χ1n) is 5.48. The fraction of sp³-hybridized carbons (Fsp3) is 0.444. The lowest BCUT2D eigenvalue weighted by atomic mass is 10.2. The van der Waals surface area contributed by atoms with Crippen molar-refractivity contribution in [3.8, 4) is 0 Å². The molecule has 0 spiro atoms. The molecule has 110 valence electrons. The monoisotopic (exact) mass is 305 g/mol. The van der Waals surface area contributed by atoms with Gasteiger partial charge in [0.2, 0.25) is 0 Å². The highest BCUT2D eigenvalue weighted by atomic mass is 32.2. The number of carbonyl (C=O) groups is 1. The molecule has 11 heteroatoms. The van der Waals surface area contributed by atoms with Crippen molar-refractivity contribution in [3.63, 3.8) is 0 Å². The first-order valence-corrected chi connectivity index (χ1v) is 6.92. The Balaban J connectivity index is 2.52. The molecule has 0 aliphatic carbocycles. The molecule has 0 bridgehead atoms. The second-order valence-corrected chi connectivity index (χ2v) is 6.11. The molecule has 2 rings (SSSR count). The van der Waals surface area contributed by atoms with Gasteiger partial charge in [-0.15, -0.1) is 0 Å². The van der Waals surface area contributed by atoms with Crippen LogP contribution in [0.4, 0.5) is 0 Å². The second kappa shape index (κ2) is 4.85. The van der Waals surface area contributed by atoms with E-state index in [1.54, 1.807) is 4.98 Å². The van der Waals surface area contributed by atoms with Crippen molar-refractivity contribution in [2.24, 2.45) is 0 Å². The standard InChI is InChI=1S/C9H11N3O7S/c13-4-1-5(8(15)16)12(3-4)20(18,19)6-2-10-9(17)11-7(6)14/h2,4-5,13H,1,3H2,(H,15,16)(H2,10,11,14,17)/t4-,5-/m1/s1. The summed E-state index contributed by atoms with van der Waals surface area (Å²) in [5, 5.41) is 18.4. The van der Waals surface area contributed by atoms with Crippen LogP contribution < -0.4 is 11.2 Å². The number of aliphatic hydroxyl groups is 1. The van der Waals surface area contributed by atoms with Gasteiger partial charge < -0.3 is 15.2 Å². The molecule has 20 heavy (non-hydrogen) atoms. The Bertz CT molecular complexity index is 749. The van der Waals surface area contributed by atoms with Crippen LogP contribution in [0.5, 0.6) is 0 Å². The first-order chi connectivity index (χ1) is 9.23. The summed E-state index contributed by atoms with van der Waals surface area (Å²) in [6, 6.07) is -1.46. The van der Waals surface area contributed by atoms with E-state index in [0.717, 1.165) is 0 Å². The van der Waals surface area contributed by atoms with Crippen molar-refractivity contribution in [1.29, 1.82) is 0 Å². The molecule has 1 aliphatic rings. The molecule has 1 fully saturated rings. The van der Waals surface area contributed by atoms with Crippen LogP contribution in [0.3, 0.4) is 0 Å². The predicted molar refractivity (Wildman–Crippen MR) is 63.6 cm³/mol. The summed E-state index contributed by atoms with van der Waals surface area (Å²) in [4.78, 5) is 36.3. The molecule has 4 N–H and O–H groups in total. The minimum absolute atomic E-state index is 0.268. The van der Waals surface area contributed by atoms with Gasteiger partial charge in [0.05, 0.1) is 6.10 Å². The lowest BCUT2D eigenvalue weighted by molar-refractivity contribution is -0.140. The molecule has 1 aromatic heterocycles. The molecule has 0 radical (unpaired) electrons. The second-order valence-electron chi connectivity index (χ2n) is 4.25. The van der Waals surface area contributed by atoms with Crippen LogP contribution in [0.25, 0.3) is 0 Å². The number of hydrogen-bond donors (Lipinski definition) is 4. The molecule has 0 amide bonds. The maximum Gasteiger partial charge on any atom is 0.325 e. The molecular weight excluding hydrogens is 294 g/mol. The van der Waals surface area contributed by atoms with E-state index in [-0.39, 0.29) is 6.42 Å². The number of hydrogen-bond acceptors (Lipinski definition) is 6. The van der Waals surface area contributed by atoms with E-state index in [9.17, 15) is 27.9 Å². The van der Waals surface area contributed by atoms with Crippen LogP contribution in [0, 0.1) is 0 Å². The van der Waals surface area contributed by atoms with Crippen molar-refractivity contribution in [2.45, 2.75) is 23.5 Å². The van der Waals surface area contributed by atoms with Crippen LogP contribution in [-0.2, 0) is 14.8 Å². The Morgan fingerprint density at radius 2 is 2.05 bits per heavy atom. The number of rotatable bonds is 3. The highest BCUT2D eigenvalue weighted by Gasteiger charge is 2.44. The quantitative estimate of drug-likeness (QED) is 0.471. The van der Waals surface area contributed by atoms with Crippen molar-refractivity contribution in [2.75, 3.05) is 6.54 Å². The van der Waals surface area contributed by atoms with Crippen LogP contribution in [-0.4, -0.2) is 57.6 Å². The van der Waals surface area contributed by atoms with Crippen molar-refractivity contribution in [1.82, 2.24) is 14.3 Å². The summed E-state index contributed by atoms with van der Waals surface area (Å²) in [5.41, 5.74) is -2.04. The van der Waals surface area contributed by atoms with Crippen LogP contribution in [0.1, 0.15) is 6.42 Å². The molecule has 1 aliphatic heterocycles. The number of H-pyrrole nitrogens is 2. The Morgan fingerprint density at radius 3 is 2.60 bits per heavy atom. The van der Waals surface area contributed by atoms with Crippen LogP contribution >= 0.6 is 0 Å². The molecule has 1 aromatic rings. The van der Waals surface area contributed by atoms with Crippen molar-refractivity contribution >= 4 is 16.0 Å². The molecule has 0 unspecified atom stereocenters. The largest absolute Gasteiger partial charge is 0.480 e. The zero-order chi connectivity index (χ0) is 15.1. The zero-order valence-electron chi connectivity index (χ0n) is 9.94. The minimum Gasteiger partial charge on any atom is -0.480 e. The third-order valence-electron chi connectivity index (χ3n) is 2.89. The van der Waals surface area contributed by atoms with E-state index in [1.165, 1.54) is 0 Å². The summed E-state index contributed by atoms with van der Waals surface area (Å²) in [5.74, 6) is -1.43. The minimum atomic E-state index is -4.43. The van der Waals surface area contributed by atoms with Gasteiger partial charge in [-0.25, -0.2) is 13.2 Å². The zero-order valence-corrected chi connectivity index (χ0v) is 10.8. The number of carboxylic acids is 1. The molecule has 0 saturated carbocycles. The van der Waals surface area contributed by atoms with Gasteiger partial charge in [0.1, 0.15) is 6.04 Å². The van der Waals surface area contributed by atoms with Gasteiger partial charge in [0.25, 0.3) is 15.6 Å². The van der Waals surface area contributed by atoms with Gasteiger partial charge in [-0.2, -0.15) is 4.31 Å². The Kier molecular flexibility index (Phi) is 3.50. The highest BCUT2D eigenvalue weighted by molar-refractivity contribution is 7.89. The van der Waals surface area contributed by atoms with Gasteiger partial charge in [0, 0.05) is 19.2 Å². The number of aliphatic carboxylic acids is 1. The summed E-state index contributed by atoms with van der Waals surface area (Å²) in [6.07, 6.45) is -0.705. The topological polar surface area (TPSA) is 161 Å². The van der Waals surface area contributed by atoms with E-state index < -0.39 is 50.8 Å². The number of aromatic nitrogens is 2. The van der Waals surface area contributed by atoms with Crippen molar-refractivity contribution in [3.05, 3.63) is 27.0 Å². The predicted octanol–water partition coefficient (Wildman–Crippen LogP) is -2.73. The molecule has 1 saturated heterocycles. The SMILES string of the molecule is O=C(O)[C@H]1C[C@@H](O)CN1S(=O)(=O)c1c[nH]c(=O)[nH]c1=O. The number of carboxylic acid groups (broad SMARTS) is 1. The van der Waals surface area contributed by atoms with Gasteiger partial charge in [-0.3, -0.25) is 14.6 Å². The highest BCUT2D eigenvalue weighted by Crippen LogP contribution is 2.24. The summed E-state index contributed by atoms with van der Waals surface area (Å²) in [7, 11) is -4.43. The summed E-state index contributed by atoms with van der Waals surface area (Å²) in [6.45, 7) is -0.433. The first kappa shape index (κ1) is 14.4. The normalized spacial score (nSPS) is 23.9. The Morgan fingerprint density at radius 1 is 1.40 bits per heavy atom. The number of sulfonamides is 1. The van der Waals surface area contributed by atoms with Crippen molar-refractivity contribution < 1.29 is 23.4 Å². The molecule has 10 nitrogen and oxygen atoms in total. The average molecular weight is 305 g/mol. The number of nitrogens with one attached hydrogen (secondary N) is 2. The van der Waals surface area contributed by atoms with Crippen LogP contribution in [0.2, 0.25) is 0 Å². The van der Waals surface area contributed by atoms with Gasteiger partial charge >= 0.3 is 11.7 Å². The lowest BCUT2D eigenvalue weighted by Crippen LogP contribution is -2.43. The average Bonchev–Trinajstić information content (AvgIpc) is 2.71. The molecule has 2 atom stereocenters. The summed E-state index contributed by atoms with van der Waals surface area (Å²) >= 11 is 0. The number of aromatic amines is 2. The Hall–Kier alpha value is -1.98. The van der Waals surface area contributed by atoms with Gasteiger partial charge in [-0.05, 0) is 0 Å². The van der Waals surface area contributed by atoms with Gasteiger partial charge in [-0.1, -0.05) is 0 Å². The Labute approximate surface area is 111 Å². The van der Waals surface area contributed by atoms with Gasteiger partial charge in [0.15, 0.2) is 4.90 Å². The fourth-order valence-corrected chi connectivity index (χ4v) is 3.62. The number of nitrogens with zero attached hydrogens (tertiary/aromatic N) is 1. The third-order valence-corrected chi connectivity index (χ3v) is 4.77. The number of aliphatic hydroxyl groups excluding tert-OH is 1. The van der Waals surface area contributed by atoms with E-state index in [1.807, 2.05) is 4.98 Å². The third kappa shape index (κ3) is 2.37. The van der Waals surface area contributed by atoms with E-state index in [0.29, 0.717) is 10.5 Å². The molecule has 0 aromatic carbocycles. The lowest BCUT2D eigenvalue weighted by Gasteiger charge is -2.19.